The predicted octanol–water partition coefficient (Wildman–Crippen LogP) is 3.89. The Morgan fingerprint density at radius 1 is 1.08 bits per heavy atom. The number of hydrogen-bond acceptors (Lipinski definition) is 3. The van der Waals surface area contributed by atoms with Crippen LogP contribution in [0.2, 0.25) is 0 Å². The molecule has 0 bridgehead atoms. The maximum Gasteiger partial charge on any atom is 0.255 e. The number of carbonyl (C=O) groups excluding carboxylic acids is 1. The van der Waals surface area contributed by atoms with Crippen molar-refractivity contribution in [3.63, 3.8) is 0 Å². The molecule has 0 aliphatic carbocycles. The van der Waals surface area contributed by atoms with Crippen LogP contribution in [0.4, 0.5) is 5.69 Å². The molecule has 2 aromatic rings. The smallest absolute Gasteiger partial charge is 0.255 e. The predicted molar refractivity (Wildman–Crippen MR) is 101 cm³/mol. The first kappa shape index (κ1) is 17.6. The molecule has 132 valence electrons. The summed E-state index contributed by atoms with van der Waals surface area (Å²) in [7, 11) is 0. The van der Waals surface area contributed by atoms with Gasteiger partial charge in [-0.2, -0.15) is 0 Å². The molecule has 25 heavy (non-hydrogen) atoms. The summed E-state index contributed by atoms with van der Waals surface area (Å²) in [5, 5.41) is 3.04. The number of nitrogens with zero attached hydrogens (tertiary/aromatic N) is 1. The van der Waals surface area contributed by atoms with Gasteiger partial charge in [-0.3, -0.25) is 9.69 Å². The minimum Gasteiger partial charge on any atom is -0.379 e. The Hall–Kier alpha value is -2.17. The summed E-state index contributed by atoms with van der Waals surface area (Å²) in [5.41, 5.74) is 3.95. The van der Waals surface area contributed by atoms with Gasteiger partial charge in [0.2, 0.25) is 0 Å². The molecular formula is C21H26N2O2. The minimum atomic E-state index is -0.0639. The molecule has 1 heterocycles. The summed E-state index contributed by atoms with van der Waals surface area (Å²) in [6, 6.07) is 15.9. The molecule has 1 amide bonds. The molecule has 0 saturated carbocycles. The second kappa shape index (κ2) is 8.28. The van der Waals surface area contributed by atoms with Crippen molar-refractivity contribution in [3.8, 4) is 0 Å². The maximum absolute atomic E-state index is 12.6. The highest BCUT2D eigenvalue weighted by atomic mass is 16.5. The zero-order chi connectivity index (χ0) is 17.6. The zero-order valence-electron chi connectivity index (χ0n) is 15.0. The molecule has 1 aliphatic rings. The normalized spacial score (nSPS) is 15.3. The Morgan fingerprint density at radius 2 is 1.76 bits per heavy atom. The fourth-order valence-electron chi connectivity index (χ4n) is 3.09. The Labute approximate surface area is 149 Å². The van der Waals surface area contributed by atoms with E-state index >= 15 is 0 Å². The molecule has 2 aromatic carbocycles. The van der Waals surface area contributed by atoms with Crippen LogP contribution in [-0.2, 0) is 11.3 Å². The van der Waals surface area contributed by atoms with Crippen LogP contribution >= 0.6 is 0 Å². The second-order valence-electron chi connectivity index (χ2n) is 6.78. The van der Waals surface area contributed by atoms with Crippen molar-refractivity contribution in [2.75, 3.05) is 31.6 Å². The Bertz CT molecular complexity index is 704. The molecule has 1 aliphatic heterocycles. The van der Waals surface area contributed by atoms with Gasteiger partial charge in [0.25, 0.3) is 5.91 Å². The first-order valence-electron chi connectivity index (χ1n) is 8.93. The highest BCUT2D eigenvalue weighted by Crippen LogP contribution is 2.24. The van der Waals surface area contributed by atoms with Gasteiger partial charge in [0.15, 0.2) is 0 Å². The summed E-state index contributed by atoms with van der Waals surface area (Å²) in [5.74, 6) is 0.304. The van der Waals surface area contributed by atoms with E-state index < -0.39 is 0 Å². The van der Waals surface area contributed by atoms with Gasteiger partial charge in [0, 0.05) is 30.9 Å². The van der Waals surface area contributed by atoms with Gasteiger partial charge < -0.3 is 10.1 Å². The van der Waals surface area contributed by atoms with E-state index in [1.165, 1.54) is 5.56 Å². The van der Waals surface area contributed by atoms with E-state index in [4.69, 9.17) is 4.74 Å². The number of anilines is 1. The number of rotatable bonds is 5. The van der Waals surface area contributed by atoms with Gasteiger partial charge in [-0.05, 0) is 35.2 Å². The molecule has 0 unspecified atom stereocenters. The minimum absolute atomic E-state index is 0.0639. The summed E-state index contributed by atoms with van der Waals surface area (Å²) in [6.45, 7) is 8.70. The van der Waals surface area contributed by atoms with Crippen LogP contribution in [0, 0.1) is 0 Å². The third-order valence-electron chi connectivity index (χ3n) is 4.56. The van der Waals surface area contributed by atoms with E-state index in [1.54, 1.807) is 0 Å². The first-order chi connectivity index (χ1) is 12.1. The molecule has 1 N–H and O–H groups in total. The highest BCUT2D eigenvalue weighted by molar-refractivity contribution is 6.04. The van der Waals surface area contributed by atoms with Crippen LogP contribution in [0.25, 0.3) is 0 Å². The van der Waals surface area contributed by atoms with E-state index in [9.17, 15) is 4.79 Å². The van der Waals surface area contributed by atoms with Crippen LogP contribution in [0.3, 0.4) is 0 Å². The van der Waals surface area contributed by atoms with E-state index in [2.05, 4.69) is 30.1 Å². The molecule has 4 heteroatoms. The number of ether oxygens (including phenoxy) is 1. The standard InChI is InChI=1S/C21H26N2O2/c1-16(2)19-5-3-4-6-20(19)22-21(24)18-9-7-17(8-10-18)15-23-11-13-25-14-12-23/h3-10,16H,11-15H2,1-2H3,(H,22,24). The lowest BCUT2D eigenvalue weighted by atomic mass is 10.0. The SMILES string of the molecule is CC(C)c1ccccc1NC(=O)c1ccc(CN2CCOCC2)cc1. The summed E-state index contributed by atoms with van der Waals surface area (Å²) in [4.78, 5) is 14.9. The Balaban J connectivity index is 1.65. The van der Waals surface area contributed by atoms with Gasteiger partial charge in [-0.1, -0.05) is 44.2 Å². The number of benzene rings is 2. The quantitative estimate of drug-likeness (QED) is 0.899. The van der Waals surface area contributed by atoms with Gasteiger partial charge >= 0.3 is 0 Å². The molecule has 3 rings (SSSR count). The molecule has 0 aromatic heterocycles. The average molecular weight is 338 g/mol. The van der Waals surface area contributed by atoms with Crippen molar-refractivity contribution in [2.24, 2.45) is 0 Å². The van der Waals surface area contributed by atoms with E-state index in [0.717, 1.165) is 44.1 Å². The van der Waals surface area contributed by atoms with Gasteiger partial charge in [0.05, 0.1) is 13.2 Å². The van der Waals surface area contributed by atoms with Crippen LogP contribution in [0.15, 0.2) is 48.5 Å². The van der Waals surface area contributed by atoms with Crippen molar-refractivity contribution in [1.82, 2.24) is 4.90 Å². The van der Waals surface area contributed by atoms with Crippen molar-refractivity contribution < 1.29 is 9.53 Å². The number of morpholine rings is 1. The molecule has 4 nitrogen and oxygen atoms in total. The Kier molecular flexibility index (Phi) is 5.84. The lowest BCUT2D eigenvalue weighted by Gasteiger charge is -2.26. The average Bonchev–Trinajstić information content (AvgIpc) is 2.63. The molecule has 1 saturated heterocycles. The first-order valence-corrected chi connectivity index (χ1v) is 8.93. The molecule has 0 spiro atoms. The van der Waals surface area contributed by atoms with Crippen molar-refractivity contribution in [3.05, 3.63) is 65.2 Å². The molecule has 1 fully saturated rings. The monoisotopic (exact) mass is 338 g/mol. The lowest BCUT2D eigenvalue weighted by molar-refractivity contribution is 0.0342. The van der Waals surface area contributed by atoms with E-state index in [-0.39, 0.29) is 5.91 Å². The maximum atomic E-state index is 12.6. The van der Waals surface area contributed by atoms with E-state index in [1.807, 2.05) is 42.5 Å². The topological polar surface area (TPSA) is 41.6 Å². The Morgan fingerprint density at radius 3 is 2.44 bits per heavy atom. The zero-order valence-corrected chi connectivity index (χ0v) is 15.0. The number of nitrogens with one attached hydrogen (secondary N) is 1. The summed E-state index contributed by atoms with van der Waals surface area (Å²) < 4.78 is 5.38. The van der Waals surface area contributed by atoms with Gasteiger partial charge in [-0.15, -0.1) is 0 Å². The van der Waals surface area contributed by atoms with Crippen molar-refractivity contribution >= 4 is 11.6 Å². The van der Waals surface area contributed by atoms with Crippen molar-refractivity contribution in [2.45, 2.75) is 26.3 Å². The van der Waals surface area contributed by atoms with Crippen LogP contribution < -0.4 is 5.32 Å². The third kappa shape index (κ3) is 4.68. The number of hydrogen-bond donors (Lipinski definition) is 1. The highest BCUT2D eigenvalue weighted by Gasteiger charge is 2.13. The molecule has 0 radical (unpaired) electrons. The second-order valence-corrected chi connectivity index (χ2v) is 6.78. The number of amides is 1. The number of para-hydroxylation sites is 1. The number of carbonyl (C=O) groups is 1. The third-order valence-corrected chi connectivity index (χ3v) is 4.56. The molecular weight excluding hydrogens is 312 g/mol. The molecule has 0 atom stereocenters. The summed E-state index contributed by atoms with van der Waals surface area (Å²) >= 11 is 0. The van der Waals surface area contributed by atoms with Gasteiger partial charge in [-0.25, -0.2) is 0 Å². The van der Waals surface area contributed by atoms with Crippen LogP contribution in [-0.4, -0.2) is 37.1 Å². The van der Waals surface area contributed by atoms with Gasteiger partial charge in [0.1, 0.15) is 0 Å². The van der Waals surface area contributed by atoms with E-state index in [0.29, 0.717) is 11.5 Å². The summed E-state index contributed by atoms with van der Waals surface area (Å²) in [6.07, 6.45) is 0. The van der Waals surface area contributed by atoms with Crippen LogP contribution in [0.5, 0.6) is 0 Å². The fraction of sp³-hybridized carbons (Fsp3) is 0.381. The van der Waals surface area contributed by atoms with Crippen molar-refractivity contribution in [1.29, 1.82) is 0 Å². The largest absolute Gasteiger partial charge is 0.379 e. The van der Waals surface area contributed by atoms with Crippen LogP contribution in [0.1, 0.15) is 41.3 Å². The lowest BCUT2D eigenvalue weighted by Crippen LogP contribution is -2.35. The fourth-order valence-corrected chi connectivity index (χ4v) is 3.09.